The normalized spacial score (nSPS) is 16.4. The summed E-state index contributed by atoms with van der Waals surface area (Å²) in [6, 6.07) is -0.593. The quantitative estimate of drug-likeness (QED) is 0.0487. The van der Waals surface area contributed by atoms with Crippen molar-refractivity contribution in [1.29, 1.82) is 0 Å². The van der Waals surface area contributed by atoms with Crippen molar-refractivity contribution in [1.82, 2.24) is 26.6 Å². The molecule has 0 heterocycles. The van der Waals surface area contributed by atoms with Gasteiger partial charge in [-0.25, -0.2) is 4.79 Å². The zero-order valence-corrected chi connectivity index (χ0v) is 31.5. The number of hydrogen-bond acceptors (Lipinski definition) is 10. The minimum atomic E-state index is -1.25. The molecule has 1 aromatic carbocycles. The van der Waals surface area contributed by atoms with E-state index in [-0.39, 0.29) is 43.8 Å². The number of phenols is 1. The van der Waals surface area contributed by atoms with E-state index in [0.717, 1.165) is 32.1 Å². The summed E-state index contributed by atoms with van der Waals surface area (Å²) in [5, 5.41) is 33.1. The maximum atomic E-state index is 13.8. The minimum Gasteiger partial charge on any atom is -0.508 e. The van der Waals surface area contributed by atoms with Gasteiger partial charge in [0.25, 0.3) is 0 Å². The van der Waals surface area contributed by atoms with E-state index in [1.165, 1.54) is 25.1 Å². The summed E-state index contributed by atoms with van der Waals surface area (Å²) in [6.07, 6.45) is 9.04. The molecule has 16 heteroatoms. The summed E-state index contributed by atoms with van der Waals surface area (Å²) in [5.41, 5.74) is 17.6. The van der Waals surface area contributed by atoms with Crippen LogP contribution in [0.1, 0.15) is 96.0 Å². The first-order chi connectivity index (χ1) is 25.8. The number of carboxylic acids is 1. The van der Waals surface area contributed by atoms with Crippen molar-refractivity contribution in [2.45, 2.75) is 133 Å². The summed E-state index contributed by atoms with van der Waals surface area (Å²) < 4.78 is 0. The van der Waals surface area contributed by atoms with Gasteiger partial charge in [0.15, 0.2) is 0 Å². The molecule has 1 aliphatic carbocycles. The van der Waals surface area contributed by atoms with Crippen LogP contribution in [0.25, 0.3) is 0 Å². The van der Waals surface area contributed by atoms with E-state index in [1.807, 2.05) is 0 Å². The summed E-state index contributed by atoms with van der Waals surface area (Å²) in [7, 11) is 0. The second kappa shape index (κ2) is 24.7. The Morgan fingerprint density at radius 2 is 1.19 bits per heavy atom. The lowest BCUT2D eigenvalue weighted by atomic mass is 9.84. The Kier molecular flexibility index (Phi) is 20.9. The SMILES string of the molecule is C=CC[C@H](NC(=O)[C@H](CCCCN)NC(=O)[C@H](CCCCN)NC(=O)[C@H](C)N)C(=O)N[C@@H](Cc1ccc(O)cc1)C(=O)N[C@@H](CC1CCCCC1)C(=O)O. The summed E-state index contributed by atoms with van der Waals surface area (Å²) in [5.74, 6) is -4.31. The molecule has 13 N–H and O–H groups in total. The number of nitrogens with one attached hydrogen (secondary N) is 5. The van der Waals surface area contributed by atoms with Crippen LogP contribution in [0.5, 0.6) is 5.75 Å². The van der Waals surface area contributed by atoms with Gasteiger partial charge in [-0.1, -0.05) is 50.3 Å². The van der Waals surface area contributed by atoms with E-state index in [0.29, 0.717) is 44.3 Å². The molecule has 1 fully saturated rings. The zero-order chi connectivity index (χ0) is 40.0. The highest BCUT2D eigenvalue weighted by molar-refractivity contribution is 5.96. The van der Waals surface area contributed by atoms with Crippen LogP contribution >= 0.6 is 0 Å². The number of benzene rings is 1. The largest absolute Gasteiger partial charge is 0.508 e. The van der Waals surface area contributed by atoms with E-state index >= 15 is 0 Å². The molecule has 0 spiro atoms. The van der Waals surface area contributed by atoms with Gasteiger partial charge < -0.3 is 54.0 Å². The summed E-state index contributed by atoms with van der Waals surface area (Å²) >= 11 is 0. The third-order valence-electron chi connectivity index (χ3n) is 9.53. The molecule has 16 nitrogen and oxygen atoms in total. The van der Waals surface area contributed by atoms with Crippen LogP contribution in [-0.4, -0.2) is 95.1 Å². The Morgan fingerprint density at radius 1 is 0.722 bits per heavy atom. The van der Waals surface area contributed by atoms with E-state index in [2.05, 4.69) is 33.2 Å². The molecule has 1 saturated carbocycles. The number of carboxylic acid groups (broad SMARTS) is 1. The van der Waals surface area contributed by atoms with Gasteiger partial charge in [0, 0.05) is 6.42 Å². The van der Waals surface area contributed by atoms with Gasteiger partial charge in [-0.2, -0.15) is 0 Å². The van der Waals surface area contributed by atoms with Gasteiger partial charge in [0.1, 0.15) is 36.0 Å². The topological polar surface area (TPSA) is 281 Å². The lowest BCUT2D eigenvalue weighted by Crippen LogP contribution is -2.59. The van der Waals surface area contributed by atoms with Crippen LogP contribution in [-0.2, 0) is 35.2 Å². The molecular formula is C38H62N8O8. The molecule has 5 amide bonds. The van der Waals surface area contributed by atoms with E-state index in [4.69, 9.17) is 17.2 Å². The molecule has 0 unspecified atom stereocenters. The number of amides is 5. The van der Waals surface area contributed by atoms with E-state index in [9.17, 15) is 39.0 Å². The predicted molar refractivity (Wildman–Crippen MR) is 205 cm³/mol. The maximum absolute atomic E-state index is 13.8. The summed E-state index contributed by atoms with van der Waals surface area (Å²) in [4.78, 5) is 79.4. The highest BCUT2D eigenvalue weighted by atomic mass is 16.4. The average molecular weight is 759 g/mol. The second-order valence-electron chi connectivity index (χ2n) is 14.1. The fourth-order valence-electron chi connectivity index (χ4n) is 6.37. The lowest BCUT2D eigenvalue weighted by Gasteiger charge is -2.28. The van der Waals surface area contributed by atoms with Crippen molar-refractivity contribution in [2.24, 2.45) is 23.1 Å². The fraction of sp³-hybridized carbons (Fsp3) is 0.632. The molecule has 0 saturated heterocycles. The van der Waals surface area contributed by atoms with Crippen molar-refractivity contribution in [3.05, 3.63) is 42.5 Å². The Hall–Kier alpha value is -4.54. The molecule has 1 aromatic rings. The van der Waals surface area contributed by atoms with Gasteiger partial charge in [0.05, 0.1) is 6.04 Å². The van der Waals surface area contributed by atoms with Crippen LogP contribution in [0.4, 0.5) is 0 Å². The Labute approximate surface area is 318 Å². The highest BCUT2D eigenvalue weighted by Gasteiger charge is 2.33. The molecule has 2 rings (SSSR count). The first-order valence-electron chi connectivity index (χ1n) is 19.1. The van der Waals surface area contributed by atoms with E-state index < -0.39 is 71.8 Å². The predicted octanol–water partition coefficient (Wildman–Crippen LogP) is 0.595. The molecule has 0 bridgehead atoms. The molecule has 0 radical (unpaired) electrons. The molecule has 54 heavy (non-hydrogen) atoms. The highest BCUT2D eigenvalue weighted by Crippen LogP contribution is 2.27. The van der Waals surface area contributed by atoms with Crippen LogP contribution in [0.15, 0.2) is 36.9 Å². The van der Waals surface area contributed by atoms with Crippen molar-refractivity contribution >= 4 is 35.5 Å². The number of hydrogen-bond donors (Lipinski definition) is 10. The smallest absolute Gasteiger partial charge is 0.326 e. The molecule has 302 valence electrons. The standard InChI is InChI=1S/C38H62N8O8/c1-3-11-28(43-36(51)30(15-8-10-21-40)44-35(50)29(14-7-9-20-39)42-33(48)24(2)41)34(49)45-31(22-26-16-18-27(47)19-17-26)37(52)46-32(38(53)54)23-25-12-5-4-6-13-25/h3,16-19,24-25,28-32,47H,1,4-15,20-23,39-41H2,2H3,(H,42,48)(H,43,51)(H,44,50)(H,45,49)(H,46,52)(H,53,54)/t24-,28-,29-,30-,31-,32-/m0/s1. The lowest BCUT2D eigenvalue weighted by molar-refractivity contribution is -0.143. The van der Waals surface area contributed by atoms with Crippen molar-refractivity contribution in [3.8, 4) is 5.75 Å². The van der Waals surface area contributed by atoms with Crippen LogP contribution in [0.2, 0.25) is 0 Å². The third-order valence-corrected chi connectivity index (χ3v) is 9.53. The molecular weight excluding hydrogens is 696 g/mol. The fourth-order valence-corrected chi connectivity index (χ4v) is 6.37. The Balaban J connectivity index is 2.29. The molecule has 6 atom stereocenters. The number of carbonyl (C=O) groups is 6. The number of rotatable bonds is 25. The van der Waals surface area contributed by atoms with E-state index in [1.54, 1.807) is 12.1 Å². The average Bonchev–Trinajstić information content (AvgIpc) is 3.14. The first-order valence-corrected chi connectivity index (χ1v) is 19.1. The number of aromatic hydroxyl groups is 1. The second-order valence-corrected chi connectivity index (χ2v) is 14.1. The van der Waals surface area contributed by atoms with Crippen LogP contribution in [0, 0.1) is 5.92 Å². The van der Waals surface area contributed by atoms with Gasteiger partial charge in [0.2, 0.25) is 29.5 Å². The zero-order valence-electron chi connectivity index (χ0n) is 31.5. The van der Waals surface area contributed by atoms with Gasteiger partial charge in [-0.3, -0.25) is 24.0 Å². The minimum absolute atomic E-state index is 0.00211. The molecule has 1 aliphatic rings. The van der Waals surface area contributed by atoms with Gasteiger partial charge >= 0.3 is 5.97 Å². The number of nitrogens with two attached hydrogens (primary N) is 3. The monoisotopic (exact) mass is 758 g/mol. The van der Waals surface area contributed by atoms with Crippen molar-refractivity contribution in [2.75, 3.05) is 13.1 Å². The van der Waals surface area contributed by atoms with Crippen LogP contribution in [0.3, 0.4) is 0 Å². The Morgan fingerprint density at radius 3 is 1.69 bits per heavy atom. The number of phenolic OH excluding ortho intramolecular Hbond substituents is 1. The number of unbranched alkanes of at least 4 members (excludes halogenated alkanes) is 2. The first kappa shape index (κ1) is 45.6. The Bertz CT molecular complexity index is 1370. The van der Waals surface area contributed by atoms with Gasteiger partial charge in [-0.05, 0) is 95.0 Å². The third kappa shape index (κ3) is 16.6. The number of carbonyl (C=O) groups excluding carboxylic acids is 5. The maximum Gasteiger partial charge on any atom is 0.326 e. The molecule has 0 aromatic heterocycles. The van der Waals surface area contributed by atoms with Crippen LogP contribution < -0.4 is 43.8 Å². The molecule has 0 aliphatic heterocycles. The van der Waals surface area contributed by atoms with Crippen molar-refractivity contribution in [3.63, 3.8) is 0 Å². The van der Waals surface area contributed by atoms with Gasteiger partial charge in [-0.15, -0.1) is 6.58 Å². The van der Waals surface area contributed by atoms with Crippen molar-refractivity contribution < 1.29 is 39.0 Å². The number of aliphatic carboxylic acids is 1. The summed E-state index contributed by atoms with van der Waals surface area (Å²) in [6.45, 7) is 5.94.